The van der Waals surface area contributed by atoms with Gasteiger partial charge in [-0.05, 0) is 6.08 Å². The minimum absolute atomic E-state index is 0.387. The van der Waals surface area contributed by atoms with E-state index < -0.39 is 5.91 Å². The van der Waals surface area contributed by atoms with E-state index in [1.807, 2.05) is 0 Å². The van der Waals surface area contributed by atoms with Gasteiger partial charge in [0.05, 0.1) is 0 Å². The van der Waals surface area contributed by atoms with Crippen LogP contribution in [0.15, 0.2) is 24.3 Å². The van der Waals surface area contributed by atoms with Crippen LogP contribution in [-0.4, -0.2) is 26.4 Å². The van der Waals surface area contributed by atoms with Crippen molar-refractivity contribution in [3.8, 4) is 0 Å². The molecule has 0 atom stereocenters. The molecule has 0 aromatic carbocycles. The van der Waals surface area contributed by atoms with Crippen LogP contribution in [0.1, 0.15) is 0 Å². The largest absolute Gasteiger partial charge is 0.366 e. The van der Waals surface area contributed by atoms with Crippen molar-refractivity contribution in [1.82, 2.24) is 0 Å². The fraction of sp³-hybridized carbons (Fsp3) is 0.375. The van der Waals surface area contributed by atoms with Crippen molar-refractivity contribution in [2.45, 2.75) is 6.29 Å². The molecule has 0 fully saturated rings. The quantitative estimate of drug-likeness (QED) is 0.365. The van der Waals surface area contributed by atoms with Gasteiger partial charge in [0.15, 0.2) is 6.29 Å². The SMILES string of the molecule is COC(/C=C/C=C/C(N)=O)OC. The average Bonchev–Trinajstić information content (AvgIpc) is 2.04. The van der Waals surface area contributed by atoms with Crippen LogP contribution in [0.3, 0.4) is 0 Å². The fourth-order valence-electron chi connectivity index (χ4n) is 0.559. The van der Waals surface area contributed by atoms with E-state index in [9.17, 15) is 4.79 Å². The first-order valence-corrected chi connectivity index (χ1v) is 3.40. The van der Waals surface area contributed by atoms with Crippen LogP contribution < -0.4 is 5.73 Å². The first-order chi connectivity index (χ1) is 5.70. The maximum atomic E-state index is 10.2. The van der Waals surface area contributed by atoms with Gasteiger partial charge in [-0.2, -0.15) is 0 Å². The maximum Gasteiger partial charge on any atom is 0.241 e. The molecule has 2 N–H and O–H groups in total. The van der Waals surface area contributed by atoms with E-state index in [1.54, 1.807) is 12.2 Å². The van der Waals surface area contributed by atoms with Crippen LogP contribution >= 0.6 is 0 Å². The Morgan fingerprint density at radius 1 is 1.33 bits per heavy atom. The number of carbonyl (C=O) groups excluding carboxylic acids is 1. The Balaban J connectivity index is 3.80. The lowest BCUT2D eigenvalue weighted by molar-refractivity contribution is -0.113. The number of ether oxygens (including phenoxy) is 2. The minimum Gasteiger partial charge on any atom is -0.366 e. The first kappa shape index (κ1) is 10.9. The summed E-state index contributed by atoms with van der Waals surface area (Å²) in [5.41, 5.74) is 4.85. The molecule has 12 heavy (non-hydrogen) atoms. The minimum atomic E-state index is -0.481. The van der Waals surface area contributed by atoms with Crippen molar-refractivity contribution in [1.29, 1.82) is 0 Å². The van der Waals surface area contributed by atoms with Crippen LogP contribution in [0.25, 0.3) is 0 Å². The number of primary amides is 1. The third-order valence-corrected chi connectivity index (χ3v) is 1.10. The number of rotatable bonds is 5. The molecule has 0 saturated heterocycles. The molecular formula is C8H13NO3. The van der Waals surface area contributed by atoms with Gasteiger partial charge in [0.1, 0.15) is 0 Å². The summed E-state index contributed by atoms with van der Waals surface area (Å²) in [6.07, 6.45) is 5.66. The summed E-state index contributed by atoms with van der Waals surface area (Å²) in [4.78, 5) is 10.2. The molecule has 4 nitrogen and oxygen atoms in total. The van der Waals surface area contributed by atoms with Gasteiger partial charge in [-0.15, -0.1) is 0 Å². The summed E-state index contributed by atoms with van der Waals surface area (Å²) in [7, 11) is 3.05. The molecule has 0 aromatic heterocycles. The molecule has 0 heterocycles. The zero-order chi connectivity index (χ0) is 9.40. The summed E-state index contributed by atoms with van der Waals surface area (Å²) in [6, 6.07) is 0. The molecule has 0 radical (unpaired) electrons. The standard InChI is InChI=1S/C8H13NO3/c1-11-8(12-2)6-4-3-5-7(9)10/h3-6,8H,1-2H3,(H2,9,10)/b5-3+,6-4+. The molecular weight excluding hydrogens is 158 g/mol. The Labute approximate surface area is 71.6 Å². The number of allylic oxidation sites excluding steroid dienone is 2. The lowest BCUT2D eigenvalue weighted by Gasteiger charge is -2.05. The molecule has 4 heteroatoms. The van der Waals surface area contributed by atoms with Crippen molar-refractivity contribution in [2.24, 2.45) is 5.73 Å². The van der Waals surface area contributed by atoms with E-state index >= 15 is 0 Å². The highest BCUT2D eigenvalue weighted by Crippen LogP contribution is 1.92. The van der Waals surface area contributed by atoms with Crippen LogP contribution in [0.4, 0.5) is 0 Å². The predicted molar refractivity (Wildman–Crippen MR) is 45.3 cm³/mol. The summed E-state index contributed by atoms with van der Waals surface area (Å²) < 4.78 is 9.69. The second-order valence-electron chi connectivity index (χ2n) is 1.99. The second-order valence-corrected chi connectivity index (χ2v) is 1.99. The Morgan fingerprint density at radius 2 is 1.92 bits per heavy atom. The van der Waals surface area contributed by atoms with Gasteiger partial charge in [-0.25, -0.2) is 0 Å². The number of hydrogen-bond acceptors (Lipinski definition) is 3. The van der Waals surface area contributed by atoms with Crippen LogP contribution in [0.5, 0.6) is 0 Å². The van der Waals surface area contributed by atoms with E-state index in [0.29, 0.717) is 0 Å². The van der Waals surface area contributed by atoms with E-state index in [1.165, 1.54) is 26.4 Å². The van der Waals surface area contributed by atoms with E-state index in [2.05, 4.69) is 0 Å². The molecule has 0 aromatic rings. The summed E-state index contributed by atoms with van der Waals surface area (Å²) >= 11 is 0. The third-order valence-electron chi connectivity index (χ3n) is 1.10. The van der Waals surface area contributed by atoms with Crippen LogP contribution in [0.2, 0.25) is 0 Å². The molecule has 0 aliphatic rings. The number of nitrogens with two attached hydrogens (primary N) is 1. The Hall–Kier alpha value is -1.13. The Bertz CT molecular complexity index is 183. The lowest BCUT2D eigenvalue weighted by Crippen LogP contribution is -2.08. The number of carbonyl (C=O) groups is 1. The smallest absolute Gasteiger partial charge is 0.241 e. The van der Waals surface area contributed by atoms with Crippen molar-refractivity contribution < 1.29 is 14.3 Å². The van der Waals surface area contributed by atoms with Crippen molar-refractivity contribution >= 4 is 5.91 Å². The average molecular weight is 171 g/mol. The van der Waals surface area contributed by atoms with Gasteiger partial charge in [0, 0.05) is 20.3 Å². The first-order valence-electron chi connectivity index (χ1n) is 3.40. The zero-order valence-electron chi connectivity index (χ0n) is 7.19. The molecule has 0 rings (SSSR count). The topological polar surface area (TPSA) is 61.5 Å². The number of methoxy groups -OCH3 is 2. The molecule has 0 saturated carbocycles. The highest BCUT2D eigenvalue weighted by atomic mass is 16.7. The van der Waals surface area contributed by atoms with E-state index in [-0.39, 0.29) is 6.29 Å². The second kappa shape index (κ2) is 6.57. The summed E-state index contributed by atoms with van der Waals surface area (Å²) in [6.45, 7) is 0. The number of amides is 1. The number of hydrogen-bond donors (Lipinski definition) is 1. The van der Waals surface area contributed by atoms with E-state index in [4.69, 9.17) is 15.2 Å². The third kappa shape index (κ3) is 5.64. The molecule has 0 spiro atoms. The summed E-state index contributed by atoms with van der Waals surface area (Å²) in [5, 5.41) is 0. The molecule has 0 aliphatic heterocycles. The van der Waals surface area contributed by atoms with Gasteiger partial charge in [-0.1, -0.05) is 12.2 Å². The van der Waals surface area contributed by atoms with Crippen molar-refractivity contribution in [3.63, 3.8) is 0 Å². The zero-order valence-corrected chi connectivity index (χ0v) is 7.19. The molecule has 68 valence electrons. The highest BCUT2D eigenvalue weighted by Gasteiger charge is 1.94. The van der Waals surface area contributed by atoms with Gasteiger partial charge >= 0.3 is 0 Å². The summed E-state index contributed by atoms with van der Waals surface area (Å²) in [5.74, 6) is -0.481. The monoisotopic (exact) mass is 171 g/mol. The normalized spacial score (nSPS) is 11.9. The molecule has 0 unspecified atom stereocenters. The molecule has 0 aliphatic carbocycles. The Kier molecular flexibility index (Phi) is 5.95. The van der Waals surface area contributed by atoms with Gasteiger partial charge in [-0.3, -0.25) is 4.79 Å². The van der Waals surface area contributed by atoms with Gasteiger partial charge in [0.25, 0.3) is 0 Å². The van der Waals surface area contributed by atoms with Crippen molar-refractivity contribution in [3.05, 3.63) is 24.3 Å². The Morgan fingerprint density at radius 3 is 2.33 bits per heavy atom. The van der Waals surface area contributed by atoms with Crippen molar-refractivity contribution in [2.75, 3.05) is 14.2 Å². The molecule has 1 amide bonds. The van der Waals surface area contributed by atoms with Gasteiger partial charge in [0.2, 0.25) is 5.91 Å². The lowest BCUT2D eigenvalue weighted by atomic mass is 10.4. The van der Waals surface area contributed by atoms with Gasteiger partial charge < -0.3 is 15.2 Å². The maximum absolute atomic E-state index is 10.2. The highest BCUT2D eigenvalue weighted by molar-refractivity contribution is 5.85. The van der Waals surface area contributed by atoms with Crippen LogP contribution in [0, 0.1) is 0 Å². The molecule has 0 bridgehead atoms. The van der Waals surface area contributed by atoms with E-state index in [0.717, 1.165) is 0 Å². The predicted octanol–water partition coefficient (Wildman–Crippen LogP) is 0.203. The van der Waals surface area contributed by atoms with Crippen LogP contribution in [-0.2, 0) is 14.3 Å². The fourth-order valence-corrected chi connectivity index (χ4v) is 0.559.